The molecule has 1 amide bonds. The summed E-state index contributed by atoms with van der Waals surface area (Å²) in [6.45, 7) is 4.31. The molecule has 0 saturated carbocycles. The summed E-state index contributed by atoms with van der Waals surface area (Å²) in [7, 11) is 1.84. The fourth-order valence-electron chi connectivity index (χ4n) is 4.42. The van der Waals surface area contributed by atoms with Crippen LogP contribution < -0.4 is 5.32 Å². The van der Waals surface area contributed by atoms with E-state index in [1.54, 1.807) is 30.2 Å². The van der Waals surface area contributed by atoms with Gasteiger partial charge in [0.2, 0.25) is 5.91 Å². The largest absolute Gasteiger partial charge is 0.340 e. The Morgan fingerprint density at radius 3 is 2.71 bits per heavy atom. The molecule has 1 aliphatic rings. The van der Waals surface area contributed by atoms with Gasteiger partial charge in [-0.25, -0.2) is 9.97 Å². The highest BCUT2D eigenvalue weighted by Gasteiger charge is 2.30. The topological polar surface area (TPSA) is 115 Å². The van der Waals surface area contributed by atoms with Gasteiger partial charge in [-0.3, -0.25) is 19.4 Å². The predicted molar refractivity (Wildman–Crippen MR) is 132 cm³/mol. The molecule has 1 unspecified atom stereocenters. The van der Waals surface area contributed by atoms with Gasteiger partial charge in [0.1, 0.15) is 23.0 Å². The molecule has 2 atom stereocenters. The summed E-state index contributed by atoms with van der Waals surface area (Å²) in [5, 5.41) is 11.6. The monoisotopic (exact) mass is 469 g/mol. The number of amides is 1. The van der Waals surface area contributed by atoms with Crippen LogP contribution >= 0.6 is 0 Å². The molecule has 4 heterocycles. The van der Waals surface area contributed by atoms with Crippen LogP contribution in [0, 0.1) is 0 Å². The SMILES string of the molecule is CC(=O)N1CC(c2nc(Nc3cccc(-c4cn(C)nn4)c3)cc(-c3cnccn3)n2)CC[C@@H]1C. The Labute approximate surface area is 203 Å². The Balaban J connectivity index is 1.49. The van der Waals surface area contributed by atoms with Crippen LogP contribution in [0.3, 0.4) is 0 Å². The van der Waals surface area contributed by atoms with Crippen molar-refractivity contribution in [3.05, 3.63) is 60.9 Å². The maximum atomic E-state index is 12.2. The molecule has 10 nitrogen and oxygen atoms in total. The first-order valence-electron chi connectivity index (χ1n) is 11.6. The van der Waals surface area contributed by atoms with Crippen LogP contribution in [0.5, 0.6) is 0 Å². The van der Waals surface area contributed by atoms with Crippen molar-refractivity contribution >= 4 is 17.4 Å². The maximum Gasteiger partial charge on any atom is 0.219 e. The molecular formula is C25H27N9O. The maximum absolute atomic E-state index is 12.2. The summed E-state index contributed by atoms with van der Waals surface area (Å²) < 4.78 is 1.68. The number of nitrogens with one attached hydrogen (secondary N) is 1. The summed E-state index contributed by atoms with van der Waals surface area (Å²) in [6.07, 6.45) is 8.67. The number of aromatic nitrogens is 7. The Hall–Kier alpha value is -4.21. The fourth-order valence-corrected chi connectivity index (χ4v) is 4.42. The molecule has 0 aliphatic carbocycles. The molecule has 0 bridgehead atoms. The minimum Gasteiger partial charge on any atom is -0.340 e. The number of carbonyl (C=O) groups excluding carboxylic acids is 1. The van der Waals surface area contributed by atoms with Gasteiger partial charge in [0.15, 0.2) is 0 Å². The first-order chi connectivity index (χ1) is 17.0. The normalized spacial score (nSPS) is 17.9. The standard InChI is InChI=1S/C25H27N9O/c1-16-7-8-19(14-34(16)17(2)35)25-29-21(22-13-26-9-10-27-22)12-24(30-25)28-20-6-4-5-18(11-20)23-15-33(3)32-31-23/h4-6,9-13,15-16,19H,7-8,14H2,1-3H3,(H,28,29,30)/t16-,19?/m0/s1. The number of anilines is 2. The van der Waals surface area contributed by atoms with E-state index in [-0.39, 0.29) is 17.9 Å². The van der Waals surface area contributed by atoms with E-state index >= 15 is 0 Å². The number of hydrogen-bond acceptors (Lipinski definition) is 8. The lowest BCUT2D eigenvalue weighted by Crippen LogP contribution is -2.44. The second kappa shape index (κ2) is 9.57. The lowest BCUT2D eigenvalue weighted by molar-refractivity contribution is -0.132. The summed E-state index contributed by atoms with van der Waals surface area (Å²) in [5.74, 6) is 1.46. The van der Waals surface area contributed by atoms with Crippen LogP contribution in [-0.2, 0) is 11.8 Å². The van der Waals surface area contributed by atoms with Gasteiger partial charge in [-0.2, -0.15) is 0 Å². The van der Waals surface area contributed by atoms with Crippen molar-refractivity contribution in [1.82, 2.24) is 39.8 Å². The minimum absolute atomic E-state index is 0.0400. The fraction of sp³-hybridized carbons (Fsp3) is 0.320. The van der Waals surface area contributed by atoms with E-state index in [2.05, 4.69) is 32.5 Å². The molecule has 35 heavy (non-hydrogen) atoms. The van der Waals surface area contributed by atoms with E-state index < -0.39 is 0 Å². The third-order valence-corrected chi connectivity index (χ3v) is 6.25. The minimum atomic E-state index is 0.0400. The van der Waals surface area contributed by atoms with Crippen molar-refractivity contribution in [2.24, 2.45) is 7.05 Å². The molecule has 1 saturated heterocycles. The number of piperidine rings is 1. The van der Waals surface area contributed by atoms with Crippen LogP contribution in [0.1, 0.15) is 38.4 Å². The van der Waals surface area contributed by atoms with E-state index in [0.29, 0.717) is 29.6 Å². The van der Waals surface area contributed by atoms with Gasteiger partial charge in [-0.05, 0) is 31.9 Å². The molecule has 1 N–H and O–H groups in total. The van der Waals surface area contributed by atoms with Gasteiger partial charge >= 0.3 is 0 Å². The first-order valence-corrected chi connectivity index (χ1v) is 11.6. The van der Waals surface area contributed by atoms with Gasteiger partial charge in [-0.15, -0.1) is 5.10 Å². The molecule has 1 aromatic carbocycles. The Kier molecular flexibility index (Phi) is 6.17. The van der Waals surface area contributed by atoms with Gasteiger partial charge in [0.05, 0.1) is 18.1 Å². The van der Waals surface area contributed by atoms with Gasteiger partial charge in [-0.1, -0.05) is 17.3 Å². The Morgan fingerprint density at radius 1 is 1.09 bits per heavy atom. The van der Waals surface area contributed by atoms with Crippen molar-refractivity contribution < 1.29 is 4.79 Å². The van der Waals surface area contributed by atoms with E-state index in [1.165, 1.54) is 0 Å². The summed E-state index contributed by atoms with van der Waals surface area (Å²) >= 11 is 0. The van der Waals surface area contributed by atoms with E-state index in [0.717, 1.165) is 29.8 Å². The van der Waals surface area contributed by atoms with Crippen molar-refractivity contribution in [3.8, 4) is 22.6 Å². The van der Waals surface area contributed by atoms with Gasteiger partial charge in [0, 0.05) is 62.2 Å². The average molecular weight is 470 g/mol. The first kappa shape index (κ1) is 22.6. The average Bonchev–Trinajstić information content (AvgIpc) is 3.31. The highest BCUT2D eigenvalue weighted by Crippen LogP contribution is 2.31. The summed E-state index contributed by atoms with van der Waals surface area (Å²) in [4.78, 5) is 32.4. The zero-order valence-electron chi connectivity index (χ0n) is 20.0. The Morgan fingerprint density at radius 2 is 1.97 bits per heavy atom. The van der Waals surface area contributed by atoms with Gasteiger partial charge in [0.25, 0.3) is 0 Å². The van der Waals surface area contributed by atoms with Gasteiger partial charge < -0.3 is 10.2 Å². The number of nitrogens with zero attached hydrogens (tertiary/aromatic N) is 8. The number of hydrogen-bond donors (Lipinski definition) is 1. The Bertz CT molecular complexity index is 1340. The van der Waals surface area contributed by atoms with Crippen LogP contribution in [-0.4, -0.2) is 58.3 Å². The molecule has 10 heteroatoms. The third kappa shape index (κ3) is 5.01. The summed E-state index contributed by atoms with van der Waals surface area (Å²) in [6, 6.07) is 10.0. The van der Waals surface area contributed by atoms with E-state index in [4.69, 9.17) is 9.97 Å². The molecular weight excluding hydrogens is 442 g/mol. The zero-order chi connectivity index (χ0) is 24.4. The highest BCUT2D eigenvalue weighted by atomic mass is 16.2. The van der Waals surface area contributed by atoms with Crippen molar-refractivity contribution in [1.29, 1.82) is 0 Å². The van der Waals surface area contributed by atoms with E-state index in [9.17, 15) is 4.79 Å². The number of carbonyl (C=O) groups is 1. The van der Waals surface area contributed by atoms with Crippen LogP contribution in [0.15, 0.2) is 55.1 Å². The quantitative estimate of drug-likeness (QED) is 0.472. The lowest BCUT2D eigenvalue weighted by atomic mass is 9.92. The van der Waals surface area contributed by atoms with Crippen LogP contribution in [0.2, 0.25) is 0 Å². The second-order valence-corrected chi connectivity index (χ2v) is 8.87. The molecule has 1 aliphatic heterocycles. The molecule has 0 radical (unpaired) electrons. The second-order valence-electron chi connectivity index (χ2n) is 8.87. The molecule has 5 rings (SSSR count). The van der Waals surface area contributed by atoms with Crippen molar-refractivity contribution in [2.45, 2.75) is 38.6 Å². The number of benzene rings is 1. The van der Waals surface area contributed by atoms with Crippen molar-refractivity contribution in [2.75, 3.05) is 11.9 Å². The molecule has 0 spiro atoms. The molecule has 4 aromatic rings. The molecule has 3 aromatic heterocycles. The lowest BCUT2D eigenvalue weighted by Gasteiger charge is -2.37. The molecule has 1 fully saturated rings. The highest BCUT2D eigenvalue weighted by molar-refractivity contribution is 5.74. The number of rotatable bonds is 5. The van der Waals surface area contributed by atoms with Crippen molar-refractivity contribution in [3.63, 3.8) is 0 Å². The smallest absolute Gasteiger partial charge is 0.219 e. The zero-order valence-corrected chi connectivity index (χ0v) is 20.0. The van der Waals surface area contributed by atoms with Crippen LogP contribution in [0.4, 0.5) is 11.5 Å². The molecule has 178 valence electrons. The van der Waals surface area contributed by atoms with Crippen LogP contribution in [0.25, 0.3) is 22.6 Å². The van der Waals surface area contributed by atoms with E-state index in [1.807, 2.05) is 48.5 Å². The third-order valence-electron chi connectivity index (χ3n) is 6.25. The predicted octanol–water partition coefficient (Wildman–Crippen LogP) is 3.59. The summed E-state index contributed by atoms with van der Waals surface area (Å²) in [5.41, 5.74) is 3.96. The number of likely N-dealkylation sites (tertiary alicyclic amines) is 1. The number of aryl methyl sites for hydroxylation is 1.